The van der Waals surface area contributed by atoms with E-state index in [9.17, 15) is 14.7 Å². The molecule has 27 heavy (non-hydrogen) atoms. The number of phenols is 1. The molecule has 2 aromatic carbocycles. The number of amides is 1. The van der Waals surface area contributed by atoms with Gasteiger partial charge in [0.15, 0.2) is 0 Å². The Bertz CT molecular complexity index is 997. The second-order valence-electron chi connectivity index (χ2n) is 6.13. The van der Waals surface area contributed by atoms with Crippen LogP contribution in [0.15, 0.2) is 54.7 Å². The zero-order valence-corrected chi connectivity index (χ0v) is 14.2. The number of esters is 1. The van der Waals surface area contributed by atoms with E-state index in [2.05, 4.69) is 15.6 Å². The van der Waals surface area contributed by atoms with E-state index in [-0.39, 0.29) is 11.7 Å². The first-order valence-electron chi connectivity index (χ1n) is 8.40. The number of carbonyl (C=O) groups excluding carboxylic acids is 2. The van der Waals surface area contributed by atoms with Crippen LogP contribution in [0.3, 0.4) is 0 Å². The molecule has 0 bridgehead atoms. The van der Waals surface area contributed by atoms with E-state index in [0.29, 0.717) is 24.3 Å². The van der Waals surface area contributed by atoms with Crippen LogP contribution in [-0.2, 0) is 9.53 Å². The van der Waals surface area contributed by atoms with Crippen molar-refractivity contribution in [3.63, 3.8) is 0 Å². The number of hydrogen-bond acceptors (Lipinski definition) is 6. The Morgan fingerprint density at radius 1 is 1.22 bits per heavy atom. The Morgan fingerprint density at radius 3 is 2.78 bits per heavy atom. The maximum atomic E-state index is 12.4. The first kappa shape index (κ1) is 16.8. The number of nitrogens with one attached hydrogen (secondary N) is 1. The van der Waals surface area contributed by atoms with Gasteiger partial charge >= 0.3 is 5.97 Å². The largest absolute Gasteiger partial charge is 0.508 e. The molecule has 2 N–H and O–H groups in total. The van der Waals surface area contributed by atoms with E-state index >= 15 is 0 Å². The van der Waals surface area contributed by atoms with Crippen molar-refractivity contribution in [2.45, 2.75) is 12.5 Å². The number of carbonyl (C=O) groups is 2. The average Bonchev–Trinajstić information content (AvgIpc) is 3.32. The van der Waals surface area contributed by atoms with E-state index in [1.807, 2.05) is 6.07 Å². The van der Waals surface area contributed by atoms with Crippen LogP contribution in [0.25, 0.3) is 16.9 Å². The third kappa shape index (κ3) is 3.50. The predicted octanol–water partition coefficient (Wildman–Crippen LogP) is 1.69. The second-order valence-corrected chi connectivity index (χ2v) is 6.13. The van der Waals surface area contributed by atoms with Gasteiger partial charge < -0.3 is 15.2 Å². The quantitative estimate of drug-likeness (QED) is 0.682. The number of phenolic OH excluding ortho intramolecular Hbond substituents is 1. The van der Waals surface area contributed by atoms with E-state index in [1.165, 1.54) is 0 Å². The van der Waals surface area contributed by atoms with Gasteiger partial charge in [-0.15, -0.1) is 5.10 Å². The summed E-state index contributed by atoms with van der Waals surface area (Å²) in [5, 5.41) is 20.3. The molecule has 1 saturated heterocycles. The minimum absolute atomic E-state index is 0.170. The fourth-order valence-corrected chi connectivity index (χ4v) is 2.82. The molecule has 1 aliphatic heterocycles. The first-order chi connectivity index (χ1) is 13.1. The lowest BCUT2D eigenvalue weighted by Crippen LogP contribution is -2.37. The third-order valence-corrected chi connectivity index (χ3v) is 4.27. The van der Waals surface area contributed by atoms with Gasteiger partial charge in [-0.1, -0.05) is 17.3 Å². The van der Waals surface area contributed by atoms with Gasteiger partial charge in [0.25, 0.3) is 5.91 Å². The normalized spacial score (nSPS) is 16.1. The van der Waals surface area contributed by atoms with Crippen molar-refractivity contribution >= 4 is 11.9 Å². The van der Waals surface area contributed by atoms with Crippen molar-refractivity contribution in [3.05, 3.63) is 60.3 Å². The van der Waals surface area contributed by atoms with E-state index in [1.54, 1.807) is 53.3 Å². The van der Waals surface area contributed by atoms with Gasteiger partial charge in [-0.2, -0.15) is 0 Å². The molecule has 2 heterocycles. The van der Waals surface area contributed by atoms with Crippen LogP contribution in [0, 0.1) is 0 Å². The van der Waals surface area contributed by atoms with Crippen LogP contribution >= 0.6 is 0 Å². The summed E-state index contributed by atoms with van der Waals surface area (Å²) in [4.78, 5) is 23.9. The lowest BCUT2D eigenvalue weighted by Gasteiger charge is -2.09. The minimum Gasteiger partial charge on any atom is -0.508 e. The number of nitrogens with zero attached hydrogens (tertiary/aromatic N) is 3. The van der Waals surface area contributed by atoms with Crippen LogP contribution < -0.4 is 5.32 Å². The molecule has 8 heteroatoms. The molecule has 136 valence electrons. The lowest BCUT2D eigenvalue weighted by atomic mass is 10.1. The van der Waals surface area contributed by atoms with Crippen molar-refractivity contribution in [2.24, 2.45) is 0 Å². The molecular formula is C19H16N4O4. The highest BCUT2D eigenvalue weighted by molar-refractivity contribution is 5.97. The Balaban J connectivity index is 1.55. The monoisotopic (exact) mass is 364 g/mol. The molecule has 1 aromatic heterocycles. The van der Waals surface area contributed by atoms with Gasteiger partial charge in [0, 0.05) is 17.5 Å². The molecule has 0 unspecified atom stereocenters. The summed E-state index contributed by atoms with van der Waals surface area (Å²) >= 11 is 0. The average molecular weight is 364 g/mol. The van der Waals surface area contributed by atoms with Crippen molar-refractivity contribution in [3.8, 4) is 22.7 Å². The number of cyclic esters (lactones) is 1. The van der Waals surface area contributed by atoms with E-state index in [4.69, 9.17) is 4.74 Å². The summed E-state index contributed by atoms with van der Waals surface area (Å²) in [5.74, 6) is -0.577. The zero-order valence-electron chi connectivity index (χ0n) is 14.2. The van der Waals surface area contributed by atoms with Gasteiger partial charge in [-0.25, -0.2) is 9.48 Å². The standard InChI is InChI=1S/C19H16N4O4/c24-15-6-4-14(5-7-15)23-11-17(21-22-23)12-2-1-3-13(10-12)18(25)20-16-8-9-27-19(16)26/h1-7,10-11,16,24H,8-9H2,(H,20,25)/t16-/m0/s1. The molecule has 3 aromatic rings. The minimum atomic E-state index is -0.600. The highest BCUT2D eigenvalue weighted by atomic mass is 16.5. The molecule has 1 aliphatic rings. The summed E-state index contributed by atoms with van der Waals surface area (Å²) in [6.45, 7) is 0.324. The molecule has 0 aliphatic carbocycles. The number of aromatic hydroxyl groups is 1. The SMILES string of the molecule is O=C(N[C@H]1CCOC1=O)c1cccc(-c2cn(-c3ccc(O)cc3)nn2)c1. The van der Waals surface area contributed by atoms with Crippen LogP contribution in [0.5, 0.6) is 5.75 Å². The van der Waals surface area contributed by atoms with Crippen LogP contribution in [-0.4, -0.2) is 44.6 Å². The van der Waals surface area contributed by atoms with Crippen LogP contribution in [0.1, 0.15) is 16.8 Å². The second kappa shape index (κ2) is 6.91. The topological polar surface area (TPSA) is 106 Å². The molecule has 1 fully saturated rings. The maximum Gasteiger partial charge on any atom is 0.328 e. The summed E-state index contributed by atoms with van der Waals surface area (Å²) in [6.07, 6.45) is 2.21. The van der Waals surface area contributed by atoms with Crippen molar-refractivity contribution < 1.29 is 19.4 Å². The Morgan fingerprint density at radius 2 is 2.04 bits per heavy atom. The Labute approximate surface area is 154 Å². The van der Waals surface area contributed by atoms with Gasteiger partial charge in [0.2, 0.25) is 0 Å². The lowest BCUT2D eigenvalue weighted by molar-refractivity contribution is -0.139. The first-order valence-corrected chi connectivity index (χ1v) is 8.40. The van der Waals surface area contributed by atoms with Gasteiger partial charge in [-0.05, 0) is 36.4 Å². The smallest absolute Gasteiger partial charge is 0.328 e. The van der Waals surface area contributed by atoms with Gasteiger partial charge in [0.05, 0.1) is 18.5 Å². The Kier molecular flexibility index (Phi) is 4.29. The van der Waals surface area contributed by atoms with E-state index in [0.717, 1.165) is 11.3 Å². The maximum absolute atomic E-state index is 12.4. The van der Waals surface area contributed by atoms with Gasteiger partial charge in [-0.3, -0.25) is 4.79 Å². The predicted molar refractivity (Wildman–Crippen MR) is 95.3 cm³/mol. The molecular weight excluding hydrogens is 348 g/mol. The highest BCUT2D eigenvalue weighted by Crippen LogP contribution is 2.20. The number of ether oxygens (including phenoxy) is 1. The number of hydrogen-bond donors (Lipinski definition) is 2. The molecule has 4 rings (SSSR count). The van der Waals surface area contributed by atoms with Crippen molar-refractivity contribution in [2.75, 3.05) is 6.61 Å². The fraction of sp³-hybridized carbons (Fsp3) is 0.158. The molecule has 8 nitrogen and oxygen atoms in total. The van der Waals surface area contributed by atoms with Crippen molar-refractivity contribution in [1.29, 1.82) is 0 Å². The summed E-state index contributed by atoms with van der Waals surface area (Å²) in [5.41, 5.74) is 2.49. The zero-order chi connectivity index (χ0) is 18.8. The summed E-state index contributed by atoms with van der Waals surface area (Å²) in [6, 6.07) is 12.9. The molecule has 0 spiro atoms. The molecule has 0 radical (unpaired) electrons. The number of aromatic nitrogens is 3. The third-order valence-electron chi connectivity index (χ3n) is 4.27. The molecule has 1 atom stereocenters. The fourth-order valence-electron chi connectivity index (χ4n) is 2.82. The summed E-state index contributed by atoms with van der Waals surface area (Å²) in [7, 11) is 0. The van der Waals surface area contributed by atoms with Crippen LogP contribution in [0.4, 0.5) is 0 Å². The summed E-state index contributed by atoms with van der Waals surface area (Å²) < 4.78 is 6.44. The molecule has 0 saturated carbocycles. The molecule has 1 amide bonds. The van der Waals surface area contributed by atoms with Crippen molar-refractivity contribution in [1.82, 2.24) is 20.3 Å². The van der Waals surface area contributed by atoms with Gasteiger partial charge in [0.1, 0.15) is 17.5 Å². The Hall–Kier alpha value is -3.68. The number of rotatable bonds is 4. The van der Waals surface area contributed by atoms with E-state index < -0.39 is 12.0 Å². The van der Waals surface area contributed by atoms with Crippen LogP contribution in [0.2, 0.25) is 0 Å². The number of benzene rings is 2. The highest BCUT2D eigenvalue weighted by Gasteiger charge is 2.28.